The number of aliphatic hydroxyl groups excluding tert-OH is 1. The SMILES string of the molecule is O=P(O)(O)C(O)(CO)P(=O)(O)O. The highest BCUT2D eigenvalue weighted by Crippen LogP contribution is 2.66. The van der Waals surface area contributed by atoms with Crippen molar-refractivity contribution in [3.8, 4) is 0 Å². The lowest BCUT2D eigenvalue weighted by molar-refractivity contribution is 0.0722. The maximum Gasteiger partial charge on any atom is 0.371 e. The molecule has 0 radical (unpaired) electrons. The molecule has 0 amide bonds. The summed E-state index contributed by atoms with van der Waals surface area (Å²) in [5.74, 6) is 0. The first-order valence-electron chi connectivity index (χ1n) is 2.51. The van der Waals surface area contributed by atoms with Gasteiger partial charge in [0.2, 0.25) is 0 Å². The molecule has 0 saturated heterocycles. The van der Waals surface area contributed by atoms with E-state index in [2.05, 4.69) is 0 Å². The van der Waals surface area contributed by atoms with Crippen molar-refractivity contribution in [2.75, 3.05) is 6.61 Å². The van der Waals surface area contributed by atoms with Gasteiger partial charge in [-0.1, -0.05) is 0 Å². The summed E-state index contributed by atoms with van der Waals surface area (Å²) >= 11 is 0. The molecule has 0 aromatic rings. The molecular weight excluding hydrogens is 214 g/mol. The molecular formula is C2H8O8P2. The number of aliphatic hydroxyl groups is 2. The summed E-state index contributed by atoms with van der Waals surface area (Å²) in [6.07, 6.45) is 0. The van der Waals surface area contributed by atoms with Gasteiger partial charge in [0, 0.05) is 0 Å². The molecule has 0 heterocycles. The van der Waals surface area contributed by atoms with E-state index in [1.165, 1.54) is 0 Å². The molecule has 0 aliphatic heterocycles. The van der Waals surface area contributed by atoms with Gasteiger partial charge in [-0.25, -0.2) is 0 Å². The second-order valence-electron chi connectivity index (χ2n) is 2.02. The first kappa shape index (κ1) is 12.2. The van der Waals surface area contributed by atoms with Crippen LogP contribution in [0, 0.1) is 0 Å². The number of hydrogen-bond donors (Lipinski definition) is 6. The van der Waals surface area contributed by atoms with E-state index in [9.17, 15) is 9.13 Å². The Bertz CT molecular complexity index is 224. The lowest BCUT2D eigenvalue weighted by Gasteiger charge is -2.26. The predicted molar refractivity (Wildman–Crippen MR) is 36.1 cm³/mol. The molecule has 0 aromatic carbocycles. The van der Waals surface area contributed by atoms with Gasteiger partial charge in [-0.2, -0.15) is 0 Å². The minimum absolute atomic E-state index is 1.72. The smallest absolute Gasteiger partial charge is 0.371 e. The van der Waals surface area contributed by atoms with Crippen LogP contribution in [0.25, 0.3) is 0 Å². The van der Waals surface area contributed by atoms with E-state index >= 15 is 0 Å². The topological polar surface area (TPSA) is 156 Å². The summed E-state index contributed by atoms with van der Waals surface area (Å²) in [5, 5.41) is 13.2. The fourth-order valence-corrected chi connectivity index (χ4v) is 2.08. The van der Waals surface area contributed by atoms with Crippen molar-refractivity contribution >= 4 is 15.2 Å². The molecule has 0 unspecified atom stereocenters. The lowest BCUT2D eigenvalue weighted by Crippen LogP contribution is -2.32. The molecule has 0 atom stereocenters. The van der Waals surface area contributed by atoms with Crippen LogP contribution in [0.3, 0.4) is 0 Å². The fraction of sp³-hybridized carbons (Fsp3) is 1.00. The minimum atomic E-state index is -5.47. The van der Waals surface area contributed by atoms with Crippen molar-refractivity contribution in [2.45, 2.75) is 5.08 Å². The Labute approximate surface area is 66.8 Å². The van der Waals surface area contributed by atoms with Crippen LogP contribution in [0.5, 0.6) is 0 Å². The van der Waals surface area contributed by atoms with Crippen LogP contribution in [0.2, 0.25) is 0 Å². The lowest BCUT2D eigenvalue weighted by atomic mass is 10.8. The third-order valence-electron chi connectivity index (χ3n) is 1.15. The van der Waals surface area contributed by atoms with Crippen LogP contribution in [0.4, 0.5) is 0 Å². The molecule has 10 heteroatoms. The van der Waals surface area contributed by atoms with E-state index in [-0.39, 0.29) is 0 Å². The zero-order chi connectivity index (χ0) is 10.2. The molecule has 74 valence electrons. The molecule has 0 rings (SSSR count). The van der Waals surface area contributed by atoms with Gasteiger partial charge in [-0.15, -0.1) is 0 Å². The van der Waals surface area contributed by atoms with Gasteiger partial charge in [-0.05, 0) is 0 Å². The third kappa shape index (κ3) is 1.93. The van der Waals surface area contributed by atoms with Crippen molar-refractivity contribution in [3.05, 3.63) is 0 Å². The molecule has 0 fully saturated rings. The normalized spacial score (nSPS) is 14.8. The Balaban J connectivity index is 5.25. The van der Waals surface area contributed by atoms with Gasteiger partial charge in [0.25, 0.3) is 5.08 Å². The molecule has 0 spiro atoms. The first-order chi connectivity index (χ1) is 5.06. The third-order valence-corrected chi connectivity index (χ3v) is 4.86. The maximum absolute atomic E-state index is 10.3. The maximum atomic E-state index is 10.3. The molecule has 0 aliphatic rings. The second kappa shape index (κ2) is 3.17. The summed E-state index contributed by atoms with van der Waals surface area (Å²) in [7, 11) is -10.9. The Morgan fingerprint density at radius 1 is 1.00 bits per heavy atom. The van der Waals surface area contributed by atoms with Crippen LogP contribution in [0.15, 0.2) is 0 Å². The van der Waals surface area contributed by atoms with E-state index < -0.39 is 26.9 Å². The Morgan fingerprint density at radius 3 is 1.25 bits per heavy atom. The van der Waals surface area contributed by atoms with Crippen LogP contribution in [-0.2, 0) is 9.13 Å². The van der Waals surface area contributed by atoms with E-state index in [0.29, 0.717) is 0 Å². The van der Waals surface area contributed by atoms with Gasteiger partial charge in [-0.3, -0.25) is 9.13 Å². The van der Waals surface area contributed by atoms with E-state index in [0.717, 1.165) is 0 Å². The minimum Gasteiger partial charge on any atom is -0.392 e. The van der Waals surface area contributed by atoms with Crippen molar-refractivity contribution in [2.24, 2.45) is 0 Å². The molecule has 0 saturated carbocycles. The monoisotopic (exact) mass is 222 g/mol. The summed E-state index contributed by atoms with van der Waals surface area (Å²) in [4.78, 5) is 33.1. The standard InChI is InChI=1S/C2H8O8P2/c3-1-2(4,11(5,6)7)12(8,9)10/h3-4H,1H2,(H2,5,6,7)(H2,8,9,10). The summed E-state index contributed by atoms with van der Waals surface area (Å²) in [6.45, 7) is -1.72. The average molecular weight is 222 g/mol. The zero-order valence-corrected chi connectivity index (χ0v) is 7.39. The zero-order valence-electron chi connectivity index (χ0n) is 5.60. The number of hydrogen-bond acceptors (Lipinski definition) is 4. The summed E-state index contributed by atoms with van der Waals surface area (Å²) < 4.78 is 20.6. The van der Waals surface area contributed by atoms with Crippen LogP contribution < -0.4 is 0 Å². The highest BCUT2D eigenvalue weighted by molar-refractivity contribution is 7.72. The number of rotatable bonds is 3. The Hall–Kier alpha value is 0.220. The second-order valence-corrected chi connectivity index (χ2v) is 6.03. The molecule has 0 aliphatic carbocycles. The van der Waals surface area contributed by atoms with Crippen LogP contribution >= 0.6 is 15.2 Å². The highest BCUT2D eigenvalue weighted by Gasteiger charge is 2.59. The largest absolute Gasteiger partial charge is 0.392 e. The van der Waals surface area contributed by atoms with Crippen molar-refractivity contribution < 1.29 is 38.9 Å². The van der Waals surface area contributed by atoms with Crippen LogP contribution in [-0.4, -0.2) is 41.5 Å². The van der Waals surface area contributed by atoms with E-state index in [1.54, 1.807) is 0 Å². The highest BCUT2D eigenvalue weighted by atomic mass is 31.2. The van der Waals surface area contributed by atoms with E-state index in [1.807, 2.05) is 0 Å². The molecule has 0 aromatic heterocycles. The van der Waals surface area contributed by atoms with Crippen molar-refractivity contribution in [3.63, 3.8) is 0 Å². The average Bonchev–Trinajstić information content (AvgIpc) is 1.81. The Morgan fingerprint density at radius 2 is 1.25 bits per heavy atom. The molecule has 6 N–H and O–H groups in total. The van der Waals surface area contributed by atoms with Gasteiger partial charge >= 0.3 is 15.2 Å². The molecule has 12 heavy (non-hydrogen) atoms. The van der Waals surface area contributed by atoms with Gasteiger partial charge in [0.15, 0.2) is 0 Å². The quantitative estimate of drug-likeness (QED) is 0.299. The van der Waals surface area contributed by atoms with Gasteiger partial charge < -0.3 is 29.8 Å². The predicted octanol–water partition coefficient (Wildman–Crippen LogP) is -2.02. The van der Waals surface area contributed by atoms with E-state index in [4.69, 9.17) is 29.8 Å². The fourth-order valence-electron chi connectivity index (χ4n) is 0.354. The van der Waals surface area contributed by atoms with Crippen LogP contribution in [0.1, 0.15) is 0 Å². The summed E-state index contributed by atoms with van der Waals surface area (Å²) in [5.41, 5.74) is 0. The Kier molecular flexibility index (Phi) is 3.23. The van der Waals surface area contributed by atoms with Crippen molar-refractivity contribution in [1.82, 2.24) is 0 Å². The first-order valence-corrected chi connectivity index (χ1v) is 5.73. The van der Waals surface area contributed by atoms with Gasteiger partial charge in [0.1, 0.15) is 0 Å². The molecule has 8 nitrogen and oxygen atoms in total. The molecule has 0 bridgehead atoms. The summed E-state index contributed by atoms with van der Waals surface area (Å²) in [6, 6.07) is 0. The van der Waals surface area contributed by atoms with Gasteiger partial charge in [0.05, 0.1) is 6.61 Å². The van der Waals surface area contributed by atoms with Crippen molar-refractivity contribution in [1.29, 1.82) is 0 Å².